The van der Waals surface area contributed by atoms with Crippen molar-refractivity contribution >= 4 is 34.9 Å². The predicted octanol–water partition coefficient (Wildman–Crippen LogP) is 7.06. The molecular weight excluding hydrogens is 509 g/mol. The summed E-state index contributed by atoms with van der Waals surface area (Å²) in [5.41, 5.74) is 2.29. The van der Waals surface area contributed by atoms with Crippen molar-refractivity contribution < 1.29 is 9.59 Å². The summed E-state index contributed by atoms with van der Waals surface area (Å²) in [6.07, 6.45) is 5.13. The van der Waals surface area contributed by atoms with Gasteiger partial charge in [-0.3, -0.25) is 19.5 Å². The summed E-state index contributed by atoms with van der Waals surface area (Å²) in [4.78, 5) is 41.7. The number of nitrogens with one attached hydrogen (secondary N) is 1. The van der Waals surface area contributed by atoms with Crippen LogP contribution < -0.4 is 5.56 Å². The van der Waals surface area contributed by atoms with Crippen LogP contribution in [0.4, 0.5) is 0 Å². The maximum Gasteiger partial charge on any atom is 0.282 e. The Labute approximate surface area is 228 Å². The molecule has 1 N–H and O–H groups in total. The van der Waals surface area contributed by atoms with Gasteiger partial charge >= 0.3 is 0 Å². The molecule has 198 valence electrons. The lowest BCUT2D eigenvalue weighted by molar-refractivity contribution is 0.0709. The molecule has 0 bridgehead atoms. The standard InChI is InChI=1S/C29H35Cl2N3O3/c1-5-7-8-9-20-10-12-21(13-11-20)28(36)33(16-6-2)18-25(35)26-27(19(3)4)32-34(29(26)37)22-14-15-23(30)24(31)17-22/h10-15,17,19,32H,5-9,16,18H2,1-4H3. The summed E-state index contributed by atoms with van der Waals surface area (Å²) in [6, 6.07) is 12.4. The van der Waals surface area contributed by atoms with Crippen LogP contribution in [0.5, 0.6) is 0 Å². The highest BCUT2D eigenvalue weighted by Gasteiger charge is 2.27. The highest BCUT2D eigenvalue weighted by atomic mass is 35.5. The molecule has 0 atom stereocenters. The molecule has 3 rings (SSSR count). The molecular formula is C29H35Cl2N3O3. The summed E-state index contributed by atoms with van der Waals surface area (Å²) in [5.74, 6) is -0.741. The van der Waals surface area contributed by atoms with Gasteiger partial charge in [-0.25, -0.2) is 4.68 Å². The molecule has 1 aromatic heterocycles. The van der Waals surface area contributed by atoms with Gasteiger partial charge in [0.05, 0.1) is 28.0 Å². The Bertz CT molecular complexity index is 1290. The number of hydrogen-bond donors (Lipinski definition) is 1. The van der Waals surface area contributed by atoms with E-state index in [1.807, 2.05) is 45.0 Å². The molecule has 0 saturated carbocycles. The Morgan fingerprint density at radius 2 is 1.68 bits per heavy atom. The molecule has 1 amide bonds. The number of amides is 1. The SMILES string of the molecule is CCCCCc1ccc(C(=O)N(CCC)CC(=O)c2c(C(C)C)[nH]n(-c3ccc(Cl)c(Cl)c3)c2=O)cc1. The third kappa shape index (κ3) is 6.93. The van der Waals surface area contributed by atoms with Crippen LogP contribution in [0.3, 0.4) is 0 Å². The van der Waals surface area contributed by atoms with Crippen LogP contribution in [0.2, 0.25) is 10.0 Å². The van der Waals surface area contributed by atoms with Crippen molar-refractivity contribution in [2.24, 2.45) is 0 Å². The number of aryl methyl sites for hydroxylation is 1. The monoisotopic (exact) mass is 543 g/mol. The van der Waals surface area contributed by atoms with Crippen LogP contribution >= 0.6 is 23.2 Å². The lowest BCUT2D eigenvalue weighted by Gasteiger charge is -2.21. The largest absolute Gasteiger partial charge is 0.331 e. The predicted molar refractivity (Wildman–Crippen MR) is 151 cm³/mol. The average molecular weight is 545 g/mol. The zero-order valence-corrected chi connectivity index (χ0v) is 23.5. The highest BCUT2D eigenvalue weighted by molar-refractivity contribution is 6.42. The quantitative estimate of drug-likeness (QED) is 0.196. The van der Waals surface area contributed by atoms with E-state index in [0.29, 0.717) is 40.0 Å². The summed E-state index contributed by atoms with van der Waals surface area (Å²) in [7, 11) is 0. The van der Waals surface area contributed by atoms with Gasteiger partial charge in [0.2, 0.25) is 0 Å². The fraction of sp³-hybridized carbons (Fsp3) is 0.414. The Balaban J connectivity index is 1.87. The first-order valence-corrected chi connectivity index (χ1v) is 13.6. The van der Waals surface area contributed by atoms with E-state index >= 15 is 0 Å². The van der Waals surface area contributed by atoms with E-state index in [0.717, 1.165) is 19.3 Å². The minimum Gasteiger partial charge on any atom is -0.331 e. The third-order valence-corrected chi connectivity index (χ3v) is 7.06. The Morgan fingerprint density at radius 3 is 2.27 bits per heavy atom. The normalized spacial score (nSPS) is 11.2. The van der Waals surface area contributed by atoms with Gasteiger partial charge in [-0.1, -0.05) is 75.9 Å². The number of aromatic nitrogens is 2. The average Bonchev–Trinajstić information content (AvgIpc) is 3.23. The van der Waals surface area contributed by atoms with E-state index < -0.39 is 11.3 Å². The number of hydrogen-bond acceptors (Lipinski definition) is 3. The van der Waals surface area contributed by atoms with E-state index in [1.165, 1.54) is 21.6 Å². The fourth-order valence-corrected chi connectivity index (χ4v) is 4.59. The molecule has 0 saturated heterocycles. The third-order valence-electron chi connectivity index (χ3n) is 6.32. The Morgan fingerprint density at radius 1 is 0.973 bits per heavy atom. The van der Waals surface area contributed by atoms with E-state index in [4.69, 9.17) is 23.2 Å². The molecule has 0 spiro atoms. The first-order chi connectivity index (χ1) is 17.7. The minimum atomic E-state index is -0.479. The van der Waals surface area contributed by atoms with Crippen molar-refractivity contribution in [3.8, 4) is 5.69 Å². The topological polar surface area (TPSA) is 75.2 Å². The lowest BCUT2D eigenvalue weighted by atomic mass is 10.0. The smallest absolute Gasteiger partial charge is 0.282 e. The van der Waals surface area contributed by atoms with Gasteiger partial charge < -0.3 is 4.90 Å². The first kappa shape index (κ1) is 28.7. The van der Waals surface area contributed by atoms with Crippen LogP contribution in [-0.4, -0.2) is 39.5 Å². The molecule has 1 heterocycles. The molecule has 6 nitrogen and oxygen atoms in total. The van der Waals surface area contributed by atoms with Crippen LogP contribution in [0.25, 0.3) is 5.69 Å². The van der Waals surface area contributed by atoms with Crippen molar-refractivity contribution in [3.05, 3.63) is 85.2 Å². The zero-order valence-electron chi connectivity index (χ0n) is 21.9. The number of unbranched alkanes of at least 4 members (excludes halogenated alkanes) is 2. The number of rotatable bonds is 12. The van der Waals surface area contributed by atoms with Crippen LogP contribution in [-0.2, 0) is 6.42 Å². The molecule has 8 heteroatoms. The summed E-state index contributed by atoms with van der Waals surface area (Å²) in [6.45, 7) is 8.15. The number of aromatic amines is 1. The van der Waals surface area contributed by atoms with Gasteiger partial charge in [0.15, 0.2) is 5.78 Å². The number of nitrogens with zero attached hydrogens (tertiary/aromatic N) is 2. The van der Waals surface area contributed by atoms with Crippen LogP contribution in [0.1, 0.15) is 91.3 Å². The second-order valence-corrected chi connectivity index (χ2v) is 10.4. The lowest BCUT2D eigenvalue weighted by Crippen LogP contribution is -2.38. The van der Waals surface area contributed by atoms with E-state index in [1.54, 1.807) is 18.2 Å². The molecule has 0 radical (unpaired) electrons. The van der Waals surface area contributed by atoms with E-state index in [-0.39, 0.29) is 23.9 Å². The van der Waals surface area contributed by atoms with Crippen LogP contribution in [0.15, 0.2) is 47.3 Å². The van der Waals surface area contributed by atoms with Crippen molar-refractivity contribution in [1.82, 2.24) is 14.7 Å². The number of carbonyl (C=O) groups is 2. The molecule has 3 aromatic rings. The number of Topliss-reactive ketones (excluding diaryl/α,β-unsaturated/α-hetero) is 1. The van der Waals surface area contributed by atoms with Crippen molar-refractivity contribution in [2.75, 3.05) is 13.1 Å². The summed E-state index contributed by atoms with van der Waals surface area (Å²) >= 11 is 12.2. The number of benzene rings is 2. The van der Waals surface area contributed by atoms with Crippen LogP contribution in [0, 0.1) is 0 Å². The fourth-order valence-electron chi connectivity index (χ4n) is 4.30. The molecule has 0 unspecified atom stereocenters. The van der Waals surface area contributed by atoms with Crippen molar-refractivity contribution in [1.29, 1.82) is 0 Å². The molecule has 2 aromatic carbocycles. The maximum atomic E-state index is 13.5. The first-order valence-electron chi connectivity index (χ1n) is 12.9. The number of ketones is 1. The van der Waals surface area contributed by atoms with Gasteiger partial charge in [0.25, 0.3) is 11.5 Å². The van der Waals surface area contributed by atoms with Gasteiger partial charge in [0, 0.05) is 12.1 Å². The van der Waals surface area contributed by atoms with E-state index in [2.05, 4.69) is 12.0 Å². The molecule has 0 aliphatic heterocycles. The zero-order chi connectivity index (χ0) is 27.1. The van der Waals surface area contributed by atoms with Gasteiger partial charge in [0.1, 0.15) is 5.56 Å². The summed E-state index contributed by atoms with van der Waals surface area (Å²) in [5, 5.41) is 3.74. The second kappa shape index (κ2) is 13.1. The molecule has 0 aliphatic carbocycles. The number of carbonyl (C=O) groups excluding carboxylic acids is 2. The maximum absolute atomic E-state index is 13.5. The Kier molecular flexibility index (Phi) is 10.2. The minimum absolute atomic E-state index is 0.0567. The van der Waals surface area contributed by atoms with Crippen molar-refractivity contribution in [2.45, 2.75) is 65.7 Å². The molecule has 0 fully saturated rings. The number of H-pyrrole nitrogens is 1. The van der Waals surface area contributed by atoms with Crippen molar-refractivity contribution in [3.63, 3.8) is 0 Å². The highest BCUT2D eigenvalue weighted by Crippen LogP contribution is 2.25. The Hall–Kier alpha value is -2.83. The van der Waals surface area contributed by atoms with E-state index in [9.17, 15) is 14.4 Å². The molecule has 0 aliphatic rings. The molecule has 37 heavy (non-hydrogen) atoms. The van der Waals surface area contributed by atoms with Gasteiger partial charge in [-0.2, -0.15) is 0 Å². The second-order valence-electron chi connectivity index (χ2n) is 9.60. The van der Waals surface area contributed by atoms with Gasteiger partial charge in [-0.15, -0.1) is 0 Å². The summed E-state index contributed by atoms with van der Waals surface area (Å²) < 4.78 is 1.30. The van der Waals surface area contributed by atoms with Gasteiger partial charge in [-0.05, 0) is 61.1 Å². The number of halogens is 2.